The third kappa shape index (κ3) is 2.38. The van der Waals surface area contributed by atoms with Crippen LogP contribution in [0.3, 0.4) is 0 Å². The number of phenolic OH excluding ortho intramolecular Hbond substituents is 2. The van der Waals surface area contributed by atoms with Gasteiger partial charge in [-0.15, -0.1) is 0 Å². The van der Waals surface area contributed by atoms with Gasteiger partial charge in [0.2, 0.25) is 0 Å². The lowest BCUT2D eigenvalue weighted by atomic mass is 9.84. The molecule has 0 aliphatic carbocycles. The number of aromatic hydroxyl groups is 2. The van der Waals surface area contributed by atoms with Gasteiger partial charge >= 0.3 is 6.16 Å². The van der Waals surface area contributed by atoms with Gasteiger partial charge in [0.1, 0.15) is 11.5 Å². The van der Waals surface area contributed by atoms with E-state index in [9.17, 15) is 15.0 Å². The van der Waals surface area contributed by atoms with Gasteiger partial charge in [0.15, 0.2) is 0 Å². The zero-order valence-electron chi connectivity index (χ0n) is 11.3. The monoisotopic (exact) mass is 286 g/mol. The van der Waals surface area contributed by atoms with Crippen LogP contribution in [0.2, 0.25) is 0 Å². The van der Waals surface area contributed by atoms with E-state index in [2.05, 4.69) is 0 Å². The fourth-order valence-corrected chi connectivity index (χ4v) is 2.59. The molecule has 21 heavy (non-hydrogen) atoms. The first-order valence-electron chi connectivity index (χ1n) is 6.48. The molecule has 1 fully saturated rings. The summed E-state index contributed by atoms with van der Waals surface area (Å²) >= 11 is 0. The van der Waals surface area contributed by atoms with Crippen molar-refractivity contribution in [2.24, 2.45) is 0 Å². The summed E-state index contributed by atoms with van der Waals surface area (Å²) < 4.78 is 10.3. The first-order chi connectivity index (χ1) is 9.98. The zero-order chi connectivity index (χ0) is 15.0. The van der Waals surface area contributed by atoms with Crippen LogP contribution in [-0.2, 0) is 9.47 Å². The summed E-state index contributed by atoms with van der Waals surface area (Å²) in [5.41, 5.74) is 1.65. The number of hydrogen-bond acceptors (Lipinski definition) is 5. The molecule has 1 heterocycles. The Bertz CT molecular complexity index is 607. The fraction of sp³-hybridized carbons (Fsp3) is 0.188. The van der Waals surface area contributed by atoms with Crippen molar-refractivity contribution in [3.63, 3.8) is 0 Å². The molecule has 0 aromatic heterocycles. The number of benzene rings is 2. The second-order valence-electron chi connectivity index (χ2n) is 5.09. The average molecular weight is 286 g/mol. The highest BCUT2D eigenvalue weighted by Gasteiger charge is 2.52. The molecule has 5 heteroatoms. The van der Waals surface area contributed by atoms with Gasteiger partial charge < -0.3 is 19.7 Å². The third-order valence-corrected chi connectivity index (χ3v) is 3.55. The van der Waals surface area contributed by atoms with Crippen molar-refractivity contribution >= 4 is 6.16 Å². The lowest BCUT2D eigenvalue weighted by Gasteiger charge is -2.42. The second kappa shape index (κ2) is 4.70. The van der Waals surface area contributed by atoms with Crippen molar-refractivity contribution in [1.29, 1.82) is 0 Å². The van der Waals surface area contributed by atoms with Gasteiger partial charge in [-0.1, -0.05) is 24.3 Å². The Morgan fingerprint density at radius 3 is 1.57 bits per heavy atom. The van der Waals surface area contributed by atoms with Crippen LogP contribution in [-0.4, -0.2) is 22.2 Å². The van der Waals surface area contributed by atoms with E-state index in [4.69, 9.17) is 9.47 Å². The molecule has 1 saturated heterocycles. The number of carbonyl (C=O) groups excluding carboxylic acids is 1. The molecule has 0 spiro atoms. The third-order valence-electron chi connectivity index (χ3n) is 3.55. The van der Waals surface area contributed by atoms with Crippen molar-refractivity contribution in [3.8, 4) is 11.5 Å². The van der Waals surface area contributed by atoms with Crippen LogP contribution in [0.25, 0.3) is 0 Å². The van der Waals surface area contributed by atoms with E-state index in [1.54, 1.807) is 55.5 Å². The van der Waals surface area contributed by atoms with Gasteiger partial charge in [-0.05, 0) is 35.4 Å². The lowest BCUT2D eigenvalue weighted by molar-refractivity contribution is -0.267. The number of hydrogen-bond donors (Lipinski definition) is 2. The minimum Gasteiger partial charge on any atom is -0.508 e. The van der Waals surface area contributed by atoms with Crippen LogP contribution >= 0.6 is 0 Å². The van der Waals surface area contributed by atoms with Gasteiger partial charge in [0.05, 0.1) is 5.92 Å². The van der Waals surface area contributed by atoms with Crippen molar-refractivity contribution in [1.82, 2.24) is 0 Å². The highest BCUT2D eigenvalue weighted by Crippen LogP contribution is 2.43. The first-order valence-corrected chi connectivity index (χ1v) is 6.48. The summed E-state index contributed by atoms with van der Waals surface area (Å²) in [5, 5.41) is 18.8. The number of cyclic esters (lactones) is 2. The lowest BCUT2D eigenvalue weighted by Crippen LogP contribution is -2.52. The topological polar surface area (TPSA) is 76.0 Å². The van der Waals surface area contributed by atoms with Gasteiger partial charge in [-0.25, -0.2) is 4.79 Å². The molecular weight excluding hydrogens is 272 g/mol. The Morgan fingerprint density at radius 2 is 1.24 bits per heavy atom. The minimum atomic E-state index is -1.11. The van der Waals surface area contributed by atoms with Crippen LogP contribution < -0.4 is 0 Å². The Kier molecular flexibility index (Phi) is 2.97. The van der Waals surface area contributed by atoms with E-state index < -0.39 is 11.9 Å². The minimum absolute atomic E-state index is 0.153. The molecule has 0 saturated carbocycles. The van der Waals surface area contributed by atoms with Crippen molar-refractivity contribution in [3.05, 3.63) is 59.7 Å². The zero-order valence-corrected chi connectivity index (χ0v) is 11.3. The Balaban J connectivity index is 2.04. The second-order valence-corrected chi connectivity index (χ2v) is 5.09. The molecule has 2 aromatic carbocycles. The molecule has 3 rings (SSSR count). The van der Waals surface area contributed by atoms with E-state index in [1.165, 1.54) is 0 Å². The molecule has 2 N–H and O–H groups in total. The van der Waals surface area contributed by atoms with Gasteiger partial charge in [0.25, 0.3) is 5.79 Å². The molecule has 0 amide bonds. The van der Waals surface area contributed by atoms with Crippen LogP contribution in [0, 0.1) is 0 Å². The van der Waals surface area contributed by atoms with Gasteiger partial charge in [0, 0.05) is 6.92 Å². The van der Waals surface area contributed by atoms with E-state index in [1.807, 2.05) is 0 Å². The Hall–Kier alpha value is -2.69. The smallest absolute Gasteiger partial charge is 0.508 e. The molecule has 0 radical (unpaired) electrons. The summed E-state index contributed by atoms with van der Waals surface area (Å²) in [6.45, 7) is 1.68. The van der Waals surface area contributed by atoms with Crippen molar-refractivity contribution < 1.29 is 24.5 Å². The normalized spacial score (nSPS) is 16.0. The van der Waals surface area contributed by atoms with E-state index >= 15 is 0 Å². The summed E-state index contributed by atoms with van der Waals surface area (Å²) in [5.74, 6) is -1.17. The molecule has 2 aromatic rings. The highest BCUT2D eigenvalue weighted by atomic mass is 16.9. The molecular formula is C16H14O5. The fourth-order valence-electron chi connectivity index (χ4n) is 2.59. The highest BCUT2D eigenvalue weighted by molar-refractivity contribution is 5.66. The van der Waals surface area contributed by atoms with Crippen molar-refractivity contribution in [2.45, 2.75) is 18.6 Å². The Morgan fingerprint density at radius 1 is 0.857 bits per heavy atom. The van der Waals surface area contributed by atoms with Crippen LogP contribution in [0.4, 0.5) is 4.79 Å². The number of rotatable bonds is 3. The standard InChI is InChI=1S/C16H14O5/c1-16(20-15(19)21-16)14(10-2-6-12(17)7-3-10)11-4-8-13(18)9-5-11/h2-9,14,17-18H,1H3. The molecule has 0 bridgehead atoms. The molecule has 1 aliphatic heterocycles. The number of ether oxygens (including phenoxy) is 2. The van der Waals surface area contributed by atoms with Crippen LogP contribution in [0.5, 0.6) is 11.5 Å². The molecule has 0 atom stereocenters. The first kappa shape index (κ1) is 13.3. The predicted molar refractivity (Wildman–Crippen MR) is 74.0 cm³/mol. The summed E-state index contributed by atoms with van der Waals surface area (Å²) in [4.78, 5) is 11.1. The largest absolute Gasteiger partial charge is 0.514 e. The Labute approximate surface area is 121 Å². The summed E-state index contributed by atoms with van der Waals surface area (Å²) in [7, 11) is 0. The maximum atomic E-state index is 11.1. The van der Waals surface area contributed by atoms with E-state index in [0.717, 1.165) is 11.1 Å². The maximum Gasteiger partial charge on any atom is 0.514 e. The number of carbonyl (C=O) groups is 1. The van der Waals surface area contributed by atoms with E-state index in [-0.39, 0.29) is 17.4 Å². The average Bonchev–Trinajstić information content (AvgIpc) is 2.42. The molecule has 108 valence electrons. The van der Waals surface area contributed by atoms with E-state index in [0.29, 0.717) is 0 Å². The van der Waals surface area contributed by atoms with Gasteiger partial charge in [-0.2, -0.15) is 0 Å². The summed E-state index contributed by atoms with van der Waals surface area (Å²) in [6.07, 6.45) is -0.708. The molecule has 5 nitrogen and oxygen atoms in total. The maximum absolute atomic E-state index is 11.1. The SMILES string of the molecule is CC1(C(c2ccc(O)cc2)c2ccc(O)cc2)OC(=O)O1. The van der Waals surface area contributed by atoms with Crippen molar-refractivity contribution in [2.75, 3.05) is 0 Å². The summed E-state index contributed by atoms with van der Waals surface area (Å²) in [6, 6.07) is 13.2. The predicted octanol–water partition coefficient (Wildman–Crippen LogP) is 3.11. The molecule has 1 aliphatic rings. The molecule has 0 unspecified atom stereocenters. The van der Waals surface area contributed by atoms with Gasteiger partial charge in [-0.3, -0.25) is 0 Å². The number of phenols is 2. The van der Waals surface area contributed by atoms with Crippen LogP contribution in [0.1, 0.15) is 24.0 Å². The van der Waals surface area contributed by atoms with Crippen LogP contribution in [0.15, 0.2) is 48.5 Å². The quantitative estimate of drug-likeness (QED) is 0.848.